The molecule has 27 heavy (non-hydrogen) atoms. The van der Waals surface area contributed by atoms with E-state index in [9.17, 15) is 10.1 Å². The number of carbonyl (C=O) groups is 1. The summed E-state index contributed by atoms with van der Waals surface area (Å²) in [5.74, 6) is 0.587. The maximum atomic E-state index is 12.8. The Kier molecular flexibility index (Phi) is 4.79. The zero-order valence-corrected chi connectivity index (χ0v) is 16.4. The predicted molar refractivity (Wildman–Crippen MR) is 108 cm³/mol. The van der Waals surface area contributed by atoms with E-state index in [4.69, 9.17) is 0 Å². The Morgan fingerprint density at radius 1 is 1.37 bits per heavy atom. The Balaban J connectivity index is 1.71. The third-order valence-corrected chi connectivity index (χ3v) is 6.31. The molecule has 6 heteroatoms. The van der Waals surface area contributed by atoms with E-state index < -0.39 is 0 Å². The van der Waals surface area contributed by atoms with Gasteiger partial charge >= 0.3 is 0 Å². The number of benzene rings is 1. The maximum Gasteiger partial charge on any atom is 0.233 e. The number of rotatable bonds is 3. The van der Waals surface area contributed by atoms with Gasteiger partial charge in [0.2, 0.25) is 5.91 Å². The van der Waals surface area contributed by atoms with E-state index in [1.807, 2.05) is 46.6 Å². The first-order valence-electron chi connectivity index (χ1n) is 9.33. The van der Waals surface area contributed by atoms with Crippen LogP contribution in [0.2, 0.25) is 0 Å². The molecule has 0 saturated carbocycles. The second-order valence-electron chi connectivity index (χ2n) is 7.13. The summed E-state index contributed by atoms with van der Waals surface area (Å²) >= 11 is 1.53. The third-order valence-electron chi connectivity index (χ3n) is 5.32. The number of hydrogen-bond acceptors (Lipinski definition) is 4. The van der Waals surface area contributed by atoms with Crippen molar-refractivity contribution in [2.75, 3.05) is 12.3 Å². The lowest BCUT2D eigenvalue weighted by Gasteiger charge is -2.33. The van der Waals surface area contributed by atoms with Crippen LogP contribution in [0, 0.1) is 18.3 Å². The van der Waals surface area contributed by atoms with Gasteiger partial charge in [0.15, 0.2) is 5.65 Å². The Morgan fingerprint density at radius 2 is 2.19 bits per heavy atom. The van der Waals surface area contributed by atoms with Crippen LogP contribution in [0.1, 0.15) is 37.3 Å². The second kappa shape index (κ2) is 7.24. The van der Waals surface area contributed by atoms with Gasteiger partial charge in [-0.1, -0.05) is 23.9 Å². The Bertz CT molecular complexity index is 1070. The molecular formula is C21H22N4OS. The van der Waals surface area contributed by atoms with Gasteiger partial charge in [0.1, 0.15) is 6.07 Å². The molecular weight excluding hydrogens is 356 g/mol. The number of imidazole rings is 1. The number of amides is 1. The lowest BCUT2D eigenvalue weighted by atomic mass is 10.0. The number of hydrogen-bond donors (Lipinski definition) is 0. The zero-order chi connectivity index (χ0) is 19.0. The standard InChI is InChI=1S/C21H22N4OS/c1-14-11-20(27-13-19(26)24-10-6-5-7-15(24)2)25-18-9-4-3-8-17(18)23-21(25)16(14)12-22/h3-4,8-9,11,15H,5-7,10,13H2,1-2H3. The highest BCUT2D eigenvalue weighted by atomic mass is 32.2. The van der Waals surface area contributed by atoms with E-state index in [2.05, 4.69) is 18.0 Å². The van der Waals surface area contributed by atoms with Gasteiger partial charge in [-0.25, -0.2) is 4.98 Å². The topological polar surface area (TPSA) is 61.4 Å². The second-order valence-corrected chi connectivity index (χ2v) is 8.13. The Morgan fingerprint density at radius 3 is 2.96 bits per heavy atom. The van der Waals surface area contributed by atoms with E-state index in [1.165, 1.54) is 18.2 Å². The van der Waals surface area contributed by atoms with Crippen molar-refractivity contribution in [1.29, 1.82) is 5.26 Å². The first-order chi connectivity index (χ1) is 13.1. The molecule has 1 aromatic carbocycles. The normalized spacial score (nSPS) is 17.4. The van der Waals surface area contributed by atoms with E-state index in [0.29, 0.717) is 23.0 Å². The van der Waals surface area contributed by atoms with Gasteiger partial charge in [-0.15, -0.1) is 0 Å². The van der Waals surface area contributed by atoms with E-state index in [-0.39, 0.29) is 5.91 Å². The van der Waals surface area contributed by atoms with Crippen LogP contribution >= 0.6 is 11.8 Å². The van der Waals surface area contributed by atoms with Crippen molar-refractivity contribution in [3.8, 4) is 6.07 Å². The van der Waals surface area contributed by atoms with Crippen LogP contribution in [-0.2, 0) is 4.79 Å². The summed E-state index contributed by atoms with van der Waals surface area (Å²) in [5.41, 5.74) is 3.97. The molecule has 0 N–H and O–H groups in total. The van der Waals surface area contributed by atoms with E-state index in [0.717, 1.165) is 41.0 Å². The lowest BCUT2D eigenvalue weighted by Crippen LogP contribution is -2.42. The van der Waals surface area contributed by atoms with Gasteiger partial charge < -0.3 is 4.90 Å². The zero-order valence-electron chi connectivity index (χ0n) is 15.6. The van der Waals surface area contributed by atoms with Crippen molar-refractivity contribution in [3.05, 3.63) is 41.5 Å². The van der Waals surface area contributed by atoms with Gasteiger partial charge in [-0.05, 0) is 56.9 Å². The van der Waals surface area contributed by atoms with Crippen LogP contribution in [0.3, 0.4) is 0 Å². The molecule has 138 valence electrons. The molecule has 2 aromatic heterocycles. The number of thioether (sulfide) groups is 1. The fourth-order valence-corrected chi connectivity index (χ4v) is 4.86. The number of pyridine rings is 1. The minimum atomic E-state index is 0.187. The van der Waals surface area contributed by atoms with Crippen LogP contribution in [0.25, 0.3) is 16.7 Å². The molecule has 0 bridgehead atoms. The summed E-state index contributed by atoms with van der Waals surface area (Å²) in [6, 6.07) is 12.5. The average molecular weight is 379 g/mol. The molecule has 0 radical (unpaired) electrons. The predicted octanol–water partition coefficient (Wildman–Crippen LogP) is 4.16. The van der Waals surface area contributed by atoms with Gasteiger partial charge in [-0.2, -0.15) is 5.26 Å². The third kappa shape index (κ3) is 3.17. The largest absolute Gasteiger partial charge is 0.339 e. The van der Waals surface area contributed by atoms with Gasteiger partial charge in [0.05, 0.1) is 27.4 Å². The SMILES string of the molecule is Cc1cc(SCC(=O)N2CCCCC2C)n2c(nc3ccccc32)c1C#N. The number of aromatic nitrogens is 2. The summed E-state index contributed by atoms with van der Waals surface area (Å²) < 4.78 is 2.01. The van der Waals surface area contributed by atoms with Crippen molar-refractivity contribution in [3.63, 3.8) is 0 Å². The molecule has 1 amide bonds. The smallest absolute Gasteiger partial charge is 0.233 e. The molecule has 4 rings (SSSR count). The van der Waals surface area contributed by atoms with Crippen molar-refractivity contribution >= 4 is 34.3 Å². The van der Waals surface area contributed by atoms with E-state index in [1.54, 1.807) is 0 Å². The number of fused-ring (bicyclic) bond motifs is 3. The molecule has 0 aliphatic carbocycles. The number of carbonyl (C=O) groups excluding carboxylic acids is 1. The minimum Gasteiger partial charge on any atom is -0.339 e. The van der Waals surface area contributed by atoms with Gasteiger partial charge in [0, 0.05) is 12.6 Å². The van der Waals surface area contributed by atoms with Crippen molar-refractivity contribution < 1.29 is 4.79 Å². The molecule has 0 spiro atoms. The maximum absolute atomic E-state index is 12.8. The lowest BCUT2D eigenvalue weighted by molar-refractivity contribution is -0.131. The molecule has 1 unspecified atom stereocenters. The van der Waals surface area contributed by atoms with Crippen molar-refractivity contribution in [1.82, 2.24) is 14.3 Å². The van der Waals surface area contributed by atoms with Crippen LogP contribution < -0.4 is 0 Å². The summed E-state index contributed by atoms with van der Waals surface area (Å²) in [6.45, 7) is 4.92. The minimum absolute atomic E-state index is 0.187. The van der Waals surface area contributed by atoms with Crippen LogP contribution in [-0.4, -0.2) is 38.5 Å². The van der Waals surface area contributed by atoms with Crippen molar-refractivity contribution in [2.45, 2.75) is 44.2 Å². The van der Waals surface area contributed by atoms with Crippen LogP contribution in [0.5, 0.6) is 0 Å². The fraction of sp³-hybridized carbons (Fsp3) is 0.381. The monoisotopic (exact) mass is 378 g/mol. The fourth-order valence-electron chi connectivity index (χ4n) is 3.85. The molecule has 3 heterocycles. The molecule has 1 saturated heterocycles. The first-order valence-corrected chi connectivity index (χ1v) is 10.3. The molecule has 1 aliphatic heterocycles. The first kappa shape index (κ1) is 17.9. The van der Waals surface area contributed by atoms with Crippen molar-refractivity contribution in [2.24, 2.45) is 0 Å². The number of nitriles is 1. The Labute approximate surface area is 163 Å². The van der Waals surface area contributed by atoms with Crippen LogP contribution in [0.15, 0.2) is 35.4 Å². The molecule has 1 aliphatic rings. The average Bonchev–Trinajstić information content (AvgIpc) is 3.05. The molecule has 5 nitrogen and oxygen atoms in total. The summed E-state index contributed by atoms with van der Waals surface area (Å²) in [7, 11) is 0. The molecule has 1 atom stereocenters. The highest BCUT2D eigenvalue weighted by molar-refractivity contribution is 7.99. The molecule has 1 fully saturated rings. The number of nitrogens with zero attached hydrogens (tertiary/aromatic N) is 4. The summed E-state index contributed by atoms with van der Waals surface area (Å²) in [4.78, 5) is 19.4. The summed E-state index contributed by atoms with van der Waals surface area (Å²) in [6.07, 6.45) is 3.38. The van der Waals surface area contributed by atoms with Crippen LogP contribution in [0.4, 0.5) is 0 Å². The number of piperidine rings is 1. The highest BCUT2D eigenvalue weighted by Crippen LogP contribution is 2.30. The summed E-state index contributed by atoms with van der Waals surface area (Å²) in [5, 5.41) is 10.5. The van der Waals surface area contributed by atoms with Gasteiger partial charge in [-0.3, -0.25) is 9.20 Å². The van der Waals surface area contributed by atoms with Gasteiger partial charge in [0.25, 0.3) is 0 Å². The molecule has 3 aromatic rings. The number of aryl methyl sites for hydroxylation is 1. The Hall–Kier alpha value is -2.52. The van der Waals surface area contributed by atoms with E-state index >= 15 is 0 Å². The highest BCUT2D eigenvalue weighted by Gasteiger charge is 2.24. The number of para-hydroxylation sites is 2. The number of likely N-dealkylation sites (tertiary alicyclic amines) is 1. The quantitative estimate of drug-likeness (QED) is 0.642.